The Hall–Kier alpha value is -4.46. The molecule has 1 heterocycles. The Balaban J connectivity index is 1.55. The highest BCUT2D eigenvalue weighted by Crippen LogP contribution is 2.34. The molecule has 3 aromatic rings. The normalized spacial score (nSPS) is 14.6. The number of carbonyl (C=O) groups is 4. The molecule has 0 aliphatic carbocycles. The summed E-state index contributed by atoms with van der Waals surface area (Å²) in [5.41, 5.74) is 2.25. The third-order valence-corrected chi connectivity index (χ3v) is 5.33. The third-order valence-electron chi connectivity index (χ3n) is 5.33. The van der Waals surface area contributed by atoms with E-state index in [9.17, 15) is 19.2 Å². The molecule has 0 fully saturated rings. The quantitative estimate of drug-likeness (QED) is 0.547. The van der Waals surface area contributed by atoms with Crippen molar-refractivity contribution in [3.63, 3.8) is 0 Å². The van der Waals surface area contributed by atoms with Crippen molar-refractivity contribution in [1.82, 2.24) is 0 Å². The zero-order valence-corrected chi connectivity index (χ0v) is 18.5. The summed E-state index contributed by atoms with van der Waals surface area (Å²) < 4.78 is 4.95. The number of carbonyl (C=O) groups excluding carboxylic acids is 4. The van der Waals surface area contributed by atoms with Gasteiger partial charge in [0.15, 0.2) is 0 Å². The van der Waals surface area contributed by atoms with Gasteiger partial charge in [0.2, 0.25) is 11.8 Å². The highest BCUT2D eigenvalue weighted by molar-refractivity contribution is 6.17. The topological polar surface area (TPSA) is 105 Å². The molecule has 1 aliphatic heterocycles. The first-order valence-electron chi connectivity index (χ1n) is 10.8. The Morgan fingerprint density at radius 3 is 2.29 bits per heavy atom. The molecule has 1 aliphatic rings. The van der Waals surface area contributed by atoms with Gasteiger partial charge in [-0.3, -0.25) is 19.3 Å². The zero-order chi connectivity index (χ0) is 24.1. The van der Waals surface area contributed by atoms with E-state index in [2.05, 4.69) is 10.6 Å². The highest BCUT2D eigenvalue weighted by Gasteiger charge is 2.38. The van der Waals surface area contributed by atoms with Crippen LogP contribution in [0.1, 0.15) is 34.1 Å². The zero-order valence-electron chi connectivity index (χ0n) is 18.5. The van der Waals surface area contributed by atoms with Crippen molar-refractivity contribution in [1.29, 1.82) is 0 Å². The monoisotopic (exact) mass is 457 g/mol. The van der Waals surface area contributed by atoms with E-state index in [0.29, 0.717) is 28.2 Å². The lowest BCUT2D eigenvalue weighted by Crippen LogP contribution is -2.52. The predicted octanol–water partition coefficient (Wildman–Crippen LogP) is 3.86. The number of nitrogens with zero attached hydrogens (tertiary/aromatic N) is 1. The smallest absolute Gasteiger partial charge is 0.338 e. The number of amides is 3. The molecule has 0 bridgehead atoms. The Morgan fingerprint density at radius 1 is 0.912 bits per heavy atom. The molecule has 0 aromatic heterocycles. The fourth-order valence-electron chi connectivity index (χ4n) is 3.74. The maximum absolute atomic E-state index is 13.4. The van der Waals surface area contributed by atoms with Gasteiger partial charge in [-0.25, -0.2) is 4.79 Å². The fraction of sp³-hybridized carbons (Fsp3) is 0.154. The summed E-state index contributed by atoms with van der Waals surface area (Å²) in [6.07, 6.45) is -0.252. The molecule has 0 saturated heterocycles. The van der Waals surface area contributed by atoms with Crippen molar-refractivity contribution < 1.29 is 23.9 Å². The van der Waals surface area contributed by atoms with Gasteiger partial charge in [-0.15, -0.1) is 0 Å². The molecule has 0 unspecified atom stereocenters. The van der Waals surface area contributed by atoms with Crippen LogP contribution in [0.3, 0.4) is 0 Å². The molecule has 0 radical (unpaired) electrons. The van der Waals surface area contributed by atoms with E-state index in [0.717, 1.165) is 0 Å². The van der Waals surface area contributed by atoms with E-state index in [1.807, 2.05) is 0 Å². The molecule has 8 heteroatoms. The van der Waals surface area contributed by atoms with E-state index >= 15 is 0 Å². The van der Waals surface area contributed by atoms with E-state index in [4.69, 9.17) is 4.74 Å². The molecule has 34 heavy (non-hydrogen) atoms. The van der Waals surface area contributed by atoms with E-state index in [-0.39, 0.29) is 18.9 Å². The van der Waals surface area contributed by atoms with Crippen molar-refractivity contribution in [2.75, 3.05) is 22.1 Å². The minimum absolute atomic E-state index is 0.252. The maximum Gasteiger partial charge on any atom is 0.338 e. The number of benzene rings is 3. The Labute approximate surface area is 196 Å². The van der Waals surface area contributed by atoms with Crippen LogP contribution in [0.15, 0.2) is 78.9 Å². The first kappa shape index (κ1) is 22.7. The van der Waals surface area contributed by atoms with Gasteiger partial charge in [0.25, 0.3) is 5.91 Å². The van der Waals surface area contributed by atoms with Crippen LogP contribution in [0.25, 0.3) is 0 Å². The van der Waals surface area contributed by atoms with Gasteiger partial charge in [0.1, 0.15) is 6.04 Å². The average Bonchev–Trinajstić information content (AvgIpc) is 2.85. The summed E-state index contributed by atoms with van der Waals surface area (Å²) in [7, 11) is 0. The number of hydrogen-bond donors (Lipinski definition) is 2. The molecule has 3 amide bonds. The molecule has 0 spiro atoms. The van der Waals surface area contributed by atoms with Crippen LogP contribution in [-0.2, 0) is 14.3 Å². The number of anilines is 3. The van der Waals surface area contributed by atoms with Crippen LogP contribution in [0.4, 0.5) is 17.1 Å². The molecule has 8 nitrogen and oxygen atoms in total. The maximum atomic E-state index is 13.4. The number of nitrogens with one attached hydrogen (secondary N) is 2. The first-order chi connectivity index (χ1) is 16.5. The lowest BCUT2D eigenvalue weighted by atomic mass is 10.0. The minimum atomic E-state index is -1.04. The lowest BCUT2D eigenvalue weighted by Gasteiger charge is -2.36. The van der Waals surface area contributed by atoms with Crippen LogP contribution >= 0.6 is 0 Å². The second kappa shape index (κ2) is 9.99. The summed E-state index contributed by atoms with van der Waals surface area (Å²) >= 11 is 0. The van der Waals surface area contributed by atoms with E-state index in [1.165, 1.54) is 4.90 Å². The minimum Gasteiger partial charge on any atom is -0.462 e. The van der Waals surface area contributed by atoms with Gasteiger partial charge in [0.05, 0.1) is 30.0 Å². The average molecular weight is 457 g/mol. The van der Waals surface area contributed by atoms with Gasteiger partial charge in [-0.05, 0) is 55.5 Å². The lowest BCUT2D eigenvalue weighted by molar-refractivity contribution is -0.122. The van der Waals surface area contributed by atoms with Gasteiger partial charge >= 0.3 is 5.97 Å². The SMILES string of the molecule is CCOC(=O)c1ccc(NC(=O)C[C@@H]2C(=O)Nc3ccccc3N2C(=O)c2ccccc2)cc1. The van der Waals surface area contributed by atoms with Crippen molar-refractivity contribution in [2.24, 2.45) is 0 Å². The summed E-state index contributed by atoms with van der Waals surface area (Å²) in [6.45, 7) is 1.99. The fourth-order valence-corrected chi connectivity index (χ4v) is 3.74. The van der Waals surface area contributed by atoms with Crippen LogP contribution in [0.2, 0.25) is 0 Å². The van der Waals surface area contributed by atoms with Crippen LogP contribution in [0.5, 0.6) is 0 Å². The molecule has 3 aromatic carbocycles. The van der Waals surface area contributed by atoms with Crippen LogP contribution in [0, 0.1) is 0 Å². The molecule has 1 atom stereocenters. The number of fused-ring (bicyclic) bond motifs is 1. The van der Waals surface area contributed by atoms with Gasteiger partial charge in [0, 0.05) is 11.3 Å². The molecule has 172 valence electrons. The van der Waals surface area contributed by atoms with Crippen LogP contribution in [-0.4, -0.2) is 36.3 Å². The molecule has 0 saturated carbocycles. The summed E-state index contributed by atoms with van der Waals surface area (Å²) in [5.74, 6) is -1.72. The second-order valence-electron chi connectivity index (χ2n) is 7.61. The highest BCUT2D eigenvalue weighted by atomic mass is 16.5. The summed E-state index contributed by atoms with van der Waals surface area (Å²) in [6, 6.07) is 20.8. The summed E-state index contributed by atoms with van der Waals surface area (Å²) in [5, 5.41) is 5.51. The van der Waals surface area contributed by atoms with Crippen molar-refractivity contribution in [3.8, 4) is 0 Å². The summed E-state index contributed by atoms with van der Waals surface area (Å²) in [4.78, 5) is 52.3. The Kier molecular flexibility index (Phi) is 6.68. The molecule has 2 N–H and O–H groups in total. The standard InChI is InChI=1S/C26H23N3O5/c1-2-34-26(33)18-12-14-19(15-13-18)27-23(30)16-22-24(31)28-20-10-6-7-11-21(20)29(22)25(32)17-8-4-3-5-9-17/h3-15,22H,2,16H2,1H3,(H,27,30)(H,28,31)/t22-/m1/s1. The largest absolute Gasteiger partial charge is 0.462 e. The van der Waals surface area contributed by atoms with E-state index < -0.39 is 23.8 Å². The number of ether oxygens (including phenoxy) is 1. The van der Waals surface area contributed by atoms with Crippen molar-refractivity contribution in [3.05, 3.63) is 90.0 Å². The molecular weight excluding hydrogens is 434 g/mol. The number of hydrogen-bond acceptors (Lipinski definition) is 5. The van der Waals surface area contributed by atoms with E-state index in [1.54, 1.807) is 85.8 Å². The molecule has 4 rings (SSSR count). The van der Waals surface area contributed by atoms with Crippen molar-refractivity contribution in [2.45, 2.75) is 19.4 Å². The Bertz CT molecular complexity index is 1220. The first-order valence-corrected chi connectivity index (χ1v) is 10.8. The molecular formula is C26H23N3O5. The third kappa shape index (κ3) is 4.80. The number of para-hydroxylation sites is 2. The second-order valence-corrected chi connectivity index (χ2v) is 7.61. The predicted molar refractivity (Wildman–Crippen MR) is 128 cm³/mol. The van der Waals surface area contributed by atoms with Gasteiger partial charge in [-0.2, -0.15) is 0 Å². The van der Waals surface area contributed by atoms with Gasteiger partial charge in [-0.1, -0.05) is 30.3 Å². The van der Waals surface area contributed by atoms with Crippen LogP contribution < -0.4 is 15.5 Å². The van der Waals surface area contributed by atoms with Crippen molar-refractivity contribution >= 4 is 40.8 Å². The Morgan fingerprint density at radius 2 is 1.59 bits per heavy atom. The van der Waals surface area contributed by atoms with Gasteiger partial charge < -0.3 is 15.4 Å². The number of esters is 1. The number of rotatable bonds is 6.